The van der Waals surface area contributed by atoms with Crippen molar-refractivity contribution in [3.8, 4) is 0 Å². The van der Waals surface area contributed by atoms with E-state index in [0.29, 0.717) is 22.4 Å². The van der Waals surface area contributed by atoms with Gasteiger partial charge in [-0.25, -0.2) is 4.98 Å². The summed E-state index contributed by atoms with van der Waals surface area (Å²) in [6.07, 6.45) is 7.24. The first-order valence-electron chi connectivity index (χ1n) is 9.11. The fourth-order valence-corrected chi connectivity index (χ4v) is 3.75. The van der Waals surface area contributed by atoms with E-state index in [9.17, 15) is 4.79 Å². The molecule has 132 valence electrons. The highest BCUT2D eigenvalue weighted by Gasteiger charge is 2.21. The number of amides is 1. The van der Waals surface area contributed by atoms with E-state index in [1.807, 2.05) is 4.90 Å². The van der Waals surface area contributed by atoms with E-state index in [1.54, 1.807) is 12.3 Å². The first-order chi connectivity index (χ1) is 11.7. The lowest BCUT2D eigenvalue weighted by Crippen LogP contribution is -2.39. The van der Waals surface area contributed by atoms with E-state index in [1.165, 1.54) is 6.42 Å². The molecule has 0 bridgehead atoms. The molecule has 1 aromatic heterocycles. The number of pyridine rings is 1. The van der Waals surface area contributed by atoms with Crippen LogP contribution in [0.3, 0.4) is 0 Å². The van der Waals surface area contributed by atoms with Crippen molar-refractivity contribution < 1.29 is 4.79 Å². The third-order valence-electron chi connectivity index (χ3n) is 5.11. The lowest BCUT2D eigenvalue weighted by Gasteiger charge is -2.32. The number of piperidine rings is 2. The third-order valence-corrected chi connectivity index (χ3v) is 5.40. The molecular weight excluding hydrogens is 324 g/mol. The van der Waals surface area contributed by atoms with Crippen LogP contribution in [0.5, 0.6) is 0 Å². The third kappa shape index (κ3) is 4.19. The highest BCUT2D eigenvalue weighted by atomic mass is 35.5. The molecular formula is C18H27ClN4O. The van der Waals surface area contributed by atoms with E-state index in [0.717, 1.165) is 58.4 Å². The van der Waals surface area contributed by atoms with E-state index >= 15 is 0 Å². The van der Waals surface area contributed by atoms with Gasteiger partial charge in [0.25, 0.3) is 5.91 Å². The van der Waals surface area contributed by atoms with Crippen LogP contribution >= 0.6 is 11.6 Å². The van der Waals surface area contributed by atoms with E-state index < -0.39 is 0 Å². The zero-order valence-corrected chi connectivity index (χ0v) is 15.2. The highest BCUT2D eigenvalue weighted by molar-refractivity contribution is 6.33. The zero-order valence-electron chi connectivity index (χ0n) is 14.4. The van der Waals surface area contributed by atoms with Crippen LogP contribution in [0, 0.1) is 0 Å². The summed E-state index contributed by atoms with van der Waals surface area (Å²) in [5.41, 5.74) is 0.591. The maximum atomic E-state index is 12.5. The molecule has 3 rings (SSSR count). The minimum absolute atomic E-state index is 0.0481. The molecule has 2 aliphatic heterocycles. The Morgan fingerprint density at radius 2 is 1.96 bits per heavy atom. The molecule has 24 heavy (non-hydrogen) atoms. The number of hydrogen-bond donors (Lipinski definition) is 1. The van der Waals surface area contributed by atoms with Gasteiger partial charge in [-0.1, -0.05) is 18.5 Å². The Morgan fingerprint density at radius 1 is 1.25 bits per heavy atom. The molecule has 0 unspecified atom stereocenters. The Bertz CT molecular complexity index is 566. The van der Waals surface area contributed by atoms with Crippen molar-refractivity contribution in [3.63, 3.8) is 0 Å². The molecule has 5 nitrogen and oxygen atoms in total. The van der Waals surface area contributed by atoms with Crippen LogP contribution in [-0.4, -0.2) is 59.5 Å². The topological polar surface area (TPSA) is 48.5 Å². The van der Waals surface area contributed by atoms with Crippen molar-refractivity contribution >= 4 is 23.3 Å². The van der Waals surface area contributed by atoms with Crippen LogP contribution in [-0.2, 0) is 0 Å². The average Bonchev–Trinajstić information content (AvgIpc) is 2.64. The Morgan fingerprint density at radius 3 is 2.58 bits per heavy atom. The summed E-state index contributed by atoms with van der Waals surface area (Å²) in [7, 11) is 0. The number of carbonyl (C=O) groups excluding carboxylic acids is 1. The first kappa shape index (κ1) is 17.5. The lowest BCUT2D eigenvalue weighted by atomic mass is 10.1. The van der Waals surface area contributed by atoms with E-state index in [4.69, 9.17) is 11.6 Å². The van der Waals surface area contributed by atoms with Crippen molar-refractivity contribution in [2.75, 3.05) is 38.0 Å². The van der Waals surface area contributed by atoms with Gasteiger partial charge < -0.3 is 15.1 Å². The smallest absolute Gasteiger partial charge is 0.255 e. The minimum Gasteiger partial charge on any atom is -0.366 e. The summed E-state index contributed by atoms with van der Waals surface area (Å²) in [5.74, 6) is 0.744. The monoisotopic (exact) mass is 350 g/mol. The number of hydrogen-bond acceptors (Lipinski definition) is 4. The van der Waals surface area contributed by atoms with Gasteiger partial charge in [0.05, 0.1) is 10.6 Å². The summed E-state index contributed by atoms with van der Waals surface area (Å²) >= 11 is 6.38. The molecule has 2 fully saturated rings. The molecule has 0 saturated carbocycles. The molecule has 1 aromatic rings. The summed E-state index contributed by atoms with van der Waals surface area (Å²) in [5, 5.41) is 3.98. The standard InChI is InChI=1S/C18H27ClN4O/c1-2-22-10-6-15(7-11-22)21-17-16(19)12-14(13-20-17)18(24)23-8-4-3-5-9-23/h12-13,15H,2-11H2,1H3,(H,20,21). The second-order valence-electron chi connectivity index (χ2n) is 6.76. The summed E-state index contributed by atoms with van der Waals surface area (Å²) in [6.45, 7) is 7.21. The number of nitrogens with zero attached hydrogens (tertiary/aromatic N) is 3. The van der Waals surface area contributed by atoms with Crippen LogP contribution in [0.2, 0.25) is 5.02 Å². The number of rotatable bonds is 4. The minimum atomic E-state index is 0.0481. The second-order valence-corrected chi connectivity index (χ2v) is 7.17. The molecule has 2 saturated heterocycles. The molecule has 2 aliphatic rings. The van der Waals surface area contributed by atoms with Crippen LogP contribution in [0.15, 0.2) is 12.3 Å². The van der Waals surface area contributed by atoms with Gasteiger partial charge in [-0.15, -0.1) is 0 Å². The molecule has 0 atom stereocenters. The van der Waals surface area contributed by atoms with E-state index in [2.05, 4.69) is 22.1 Å². The Labute approximate surface area is 149 Å². The van der Waals surface area contributed by atoms with Gasteiger partial charge in [0.1, 0.15) is 5.82 Å². The molecule has 0 spiro atoms. The van der Waals surface area contributed by atoms with Gasteiger partial charge in [-0.3, -0.25) is 4.79 Å². The van der Waals surface area contributed by atoms with Gasteiger partial charge in [0, 0.05) is 38.4 Å². The van der Waals surface area contributed by atoms with Crippen molar-refractivity contribution in [3.05, 3.63) is 22.8 Å². The number of halogens is 1. The molecule has 0 radical (unpaired) electrons. The first-order valence-corrected chi connectivity index (χ1v) is 9.49. The Balaban J connectivity index is 1.61. The molecule has 0 aliphatic carbocycles. The van der Waals surface area contributed by atoms with Crippen LogP contribution < -0.4 is 5.32 Å². The van der Waals surface area contributed by atoms with Crippen molar-refractivity contribution in [1.29, 1.82) is 0 Å². The van der Waals surface area contributed by atoms with Crippen LogP contribution in [0.4, 0.5) is 5.82 Å². The normalized spacial score (nSPS) is 20.2. The van der Waals surface area contributed by atoms with Crippen molar-refractivity contribution in [1.82, 2.24) is 14.8 Å². The summed E-state index contributed by atoms with van der Waals surface area (Å²) < 4.78 is 0. The van der Waals surface area contributed by atoms with Gasteiger partial charge in [0.15, 0.2) is 0 Å². The maximum Gasteiger partial charge on any atom is 0.255 e. The molecule has 0 aromatic carbocycles. The van der Waals surface area contributed by atoms with Gasteiger partial charge in [-0.05, 0) is 44.7 Å². The fraction of sp³-hybridized carbons (Fsp3) is 0.667. The molecule has 1 amide bonds. The van der Waals surface area contributed by atoms with Crippen LogP contribution in [0.1, 0.15) is 49.4 Å². The quantitative estimate of drug-likeness (QED) is 0.905. The van der Waals surface area contributed by atoms with Crippen molar-refractivity contribution in [2.24, 2.45) is 0 Å². The molecule has 1 N–H and O–H groups in total. The van der Waals surface area contributed by atoms with Gasteiger partial charge in [0.2, 0.25) is 0 Å². The molecule has 6 heteroatoms. The summed E-state index contributed by atoms with van der Waals surface area (Å²) in [6, 6.07) is 2.16. The number of nitrogens with one attached hydrogen (secondary N) is 1. The largest absolute Gasteiger partial charge is 0.366 e. The van der Waals surface area contributed by atoms with E-state index in [-0.39, 0.29) is 5.91 Å². The van der Waals surface area contributed by atoms with Crippen molar-refractivity contribution in [2.45, 2.75) is 45.1 Å². The number of carbonyl (C=O) groups is 1. The highest BCUT2D eigenvalue weighted by Crippen LogP contribution is 2.24. The van der Waals surface area contributed by atoms with Gasteiger partial charge >= 0.3 is 0 Å². The predicted molar refractivity (Wildman–Crippen MR) is 97.8 cm³/mol. The second kappa shape index (κ2) is 8.17. The Kier molecular flexibility index (Phi) is 5.95. The average molecular weight is 351 g/mol. The van der Waals surface area contributed by atoms with Gasteiger partial charge in [-0.2, -0.15) is 0 Å². The lowest BCUT2D eigenvalue weighted by molar-refractivity contribution is 0.0724. The summed E-state index contributed by atoms with van der Waals surface area (Å²) in [4.78, 5) is 21.3. The Hall–Kier alpha value is -1.33. The zero-order chi connectivity index (χ0) is 16.9. The number of aromatic nitrogens is 1. The van der Waals surface area contributed by atoms with Crippen LogP contribution in [0.25, 0.3) is 0 Å². The SMILES string of the molecule is CCN1CCC(Nc2ncc(C(=O)N3CCCCC3)cc2Cl)CC1. The predicted octanol–water partition coefficient (Wildman–Crippen LogP) is 3.26. The fourth-order valence-electron chi connectivity index (χ4n) is 3.53. The number of likely N-dealkylation sites (tertiary alicyclic amines) is 2. The molecule has 3 heterocycles. The maximum absolute atomic E-state index is 12.5. The number of anilines is 1.